The molecule has 0 aliphatic carbocycles. The Morgan fingerprint density at radius 2 is 1.62 bits per heavy atom. The molecule has 0 radical (unpaired) electrons. The van der Waals surface area contributed by atoms with Crippen molar-refractivity contribution in [2.75, 3.05) is 0 Å². The van der Waals surface area contributed by atoms with Gasteiger partial charge in [0, 0.05) is 22.2 Å². The zero-order chi connectivity index (χ0) is 11.0. The summed E-state index contributed by atoms with van der Waals surface area (Å²) in [6.07, 6.45) is 0. The predicted molar refractivity (Wildman–Crippen MR) is 73.1 cm³/mol. The molecule has 2 aromatic carbocycles. The van der Waals surface area contributed by atoms with Crippen LogP contribution in [-0.2, 0) is 0 Å². The number of rotatable bonds is 1. The monoisotopic (exact) mass is 225 g/mol. The van der Waals surface area contributed by atoms with Crippen molar-refractivity contribution in [3.8, 4) is 11.3 Å². The lowest BCUT2D eigenvalue weighted by Crippen LogP contribution is -1.94. The molecule has 0 saturated heterocycles. The van der Waals surface area contributed by atoms with E-state index in [1.54, 1.807) is 0 Å². The topological polar surface area (TPSA) is 15.8 Å². The second kappa shape index (κ2) is 3.77. The van der Waals surface area contributed by atoms with Gasteiger partial charge in [0.2, 0.25) is 0 Å². The van der Waals surface area contributed by atoms with Gasteiger partial charge in [0.25, 0.3) is 0 Å². The molecule has 0 spiro atoms. The Bertz CT molecular complexity index is 607. The molecular weight excluding hydrogens is 213 g/mol. The predicted octanol–water partition coefficient (Wildman–Crippen LogP) is 3.34. The molecule has 0 saturated carbocycles. The van der Waals surface area contributed by atoms with Crippen LogP contribution < -0.4 is 5.30 Å². The van der Waals surface area contributed by atoms with Crippen molar-refractivity contribution in [2.45, 2.75) is 0 Å². The maximum absolute atomic E-state index is 3.44. The molecule has 78 valence electrons. The van der Waals surface area contributed by atoms with E-state index >= 15 is 0 Å². The van der Waals surface area contributed by atoms with Crippen LogP contribution in [0.5, 0.6) is 0 Å². The summed E-state index contributed by atoms with van der Waals surface area (Å²) in [5.74, 6) is 0. The number of fused-ring (bicyclic) bond motifs is 1. The summed E-state index contributed by atoms with van der Waals surface area (Å²) >= 11 is 0. The molecule has 0 amide bonds. The molecule has 1 aromatic heterocycles. The van der Waals surface area contributed by atoms with Crippen molar-refractivity contribution in [3.63, 3.8) is 0 Å². The summed E-state index contributed by atoms with van der Waals surface area (Å²) in [4.78, 5) is 3.44. The van der Waals surface area contributed by atoms with Gasteiger partial charge in [-0.3, -0.25) is 0 Å². The van der Waals surface area contributed by atoms with Crippen LogP contribution in [0.15, 0.2) is 54.6 Å². The molecule has 1 atom stereocenters. The highest BCUT2D eigenvalue weighted by Crippen LogP contribution is 2.23. The lowest BCUT2D eigenvalue weighted by atomic mass is 10.1. The van der Waals surface area contributed by atoms with Gasteiger partial charge in [-0.25, -0.2) is 0 Å². The second-order valence-electron chi connectivity index (χ2n) is 3.86. The SMILES string of the molecule is Pc1ccccc1-c1cc2ccccc2[nH]1. The first-order chi connectivity index (χ1) is 7.84. The van der Waals surface area contributed by atoms with Crippen LogP contribution in [0.2, 0.25) is 0 Å². The van der Waals surface area contributed by atoms with Gasteiger partial charge >= 0.3 is 0 Å². The molecule has 0 fully saturated rings. The number of hydrogen-bond donors (Lipinski definition) is 1. The normalized spacial score (nSPS) is 10.8. The molecule has 0 aliphatic heterocycles. The highest BCUT2D eigenvalue weighted by Gasteiger charge is 2.04. The largest absolute Gasteiger partial charge is 0.355 e. The number of para-hydroxylation sites is 1. The van der Waals surface area contributed by atoms with Crippen molar-refractivity contribution >= 4 is 25.4 Å². The van der Waals surface area contributed by atoms with Gasteiger partial charge in [0.1, 0.15) is 0 Å². The molecule has 1 N–H and O–H groups in total. The van der Waals surface area contributed by atoms with E-state index in [1.165, 1.54) is 27.5 Å². The van der Waals surface area contributed by atoms with Crippen molar-refractivity contribution < 1.29 is 0 Å². The van der Waals surface area contributed by atoms with Crippen molar-refractivity contribution in [1.82, 2.24) is 4.98 Å². The molecular formula is C14H12NP. The Labute approximate surface area is 96.7 Å². The summed E-state index contributed by atoms with van der Waals surface area (Å²) in [5, 5.41) is 2.47. The zero-order valence-electron chi connectivity index (χ0n) is 8.77. The number of aromatic amines is 1. The molecule has 1 nitrogen and oxygen atoms in total. The van der Waals surface area contributed by atoms with E-state index in [9.17, 15) is 0 Å². The Morgan fingerprint density at radius 1 is 0.875 bits per heavy atom. The van der Waals surface area contributed by atoms with Crippen molar-refractivity contribution in [2.24, 2.45) is 0 Å². The van der Waals surface area contributed by atoms with Crippen LogP contribution in [0.4, 0.5) is 0 Å². The number of benzene rings is 2. The van der Waals surface area contributed by atoms with Gasteiger partial charge in [-0.05, 0) is 17.4 Å². The quantitative estimate of drug-likeness (QED) is 0.611. The number of nitrogens with one attached hydrogen (secondary N) is 1. The van der Waals surface area contributed by atoms with Crippen molar-refractivity contribution in [3.05, 3.63) is 54.6 Å². The number of hydrogen-bond acceptors (Lipinski definition) is 0. The van der Waals surface area contributed by atoms with Gasteiger partial charge < -0.3 is 4.98 Å². The molecule has 1 heterocycles. The first kappa shape index (κ1) is 9.62. The van der Waals surface area contributed by atoms with Crippen LogP contribution in [0.3, 0.4) is 0 Å². The fourth-order valence-corrected chi connectivity index (χ4v) is 2.32. The summed E-state index contributed by atoms with van der Waals surface area (Å²) in [6.45, 7) is 0. The average Bonchev–Trinajstić information content (AvgIpc) is 2.73. The third-order valence-corrected chi connectivity index (χ3v) is 3.28. The molecule has 0 aliphatic rings. The third kappa shape index (κ3) is 1.54. The third-order valence-electron chi connectivity index (χ3n) is 2.78. The van der Waals surface area contributed by atoms with Crippen LogP contribution in [0.25, 0.3) is 22.2 Å². The smallest absolute Gasteiger partial charge is 0.0471 e. The van der Waals surface area contributed by atoms with Crippen LogP contribution >= 0.6 is 9.24 Å². The summed E-state index contributed by atoms with van der Waals surface area (Å²) in [6, 6.07) is 18.9. The zero-order valence-corrected chi connectivity index (χ0v) is 9.93. The van der Waals surface area contributed by atoms with Crippen LogP contribution in [0, 0.1) is 0 Å². The van der Waals surface area contributed by atoms with E-state index in [0.29, 0.717) is 0 Å². The van der Waals surface area contributed by atoms with E-state index in [4.69, 9.17) is 0 Å². The summed E-state index contributed by atoms with van der Waals surface area (Å²) in [5.41, 5.74) is 3.60. The number of H-pyrrole nitrogens is 1. The van der Waals surface area contributed by atoms with Gasteiger partial charge in [-0.2, -0.15) is 0 Å². The lowest BCUT2D eigenvalue weighted by molar-refractivity contribution is 1.46. The van der Waals surface area contributed by atoms with E-state index in [1.807, 2.05) is 0 Å². The molecule has 2 heteroatoms. The van der Waals surface area contributed by atoms with Crippen LogP contribution in [-0.4, -0.2) is 4.98 Å². The minimum Gasteiger partial charge on any atom is -0.355 e. The Morgan fingerprint density at radius 3 is 2.44 bits per heavy atom. The fourth-order valence-electron chi connectivity index (χ4n) is 1.96. The Kier molecular flexibility index (Phi) is 2.27. The van der Waals surface area contributed by atoms with Gasteiger partial charge in [-0.1, -0.05) is 42.5 Å². The minimum atomic E-state index is 1.17. The van der Waals surface area contributed by atoms with Crippen LogP contribution in [0.1, 0.15) is 0 Å². The van der Waals surface area contributed by atoms with E-state index in [0.717, 1.165) is 0 Å². The Hall–Kier alpha value is -1.59. The van der Waals surface area contributed by atoms with E-state index in [-0.39, 0.29) is 0 Å². The highest BCUT2D eigenvalue weighted by atomic mass is 31.0. The second-order valence-corrected chi connectivity index (χ2v) is 4.48. The van der Waals surface area contributed by atoms with E-state index < -0.39 is 0 Å². The molecule has 3 rings (SSSR count). The van der Waals surface area contributed by atoms with Gasteiger partial charge in [-0.15, -0.1) is 9.24 Å². The fraction of sp³-hybridized carbons (Fsp3) is 0. The highest BCUT2D eigenvalue weighted by molar-refractivity contribution is 7.28. The first-order valence-corrected chi connectivity index (χ1v) is 5.85. The molecule has 3 aromatic rings. The average molecular weight is 225 g/mol. The number of aromatic nitrogens is 1. The van der Waals surface area contributed by atoms with Gasteiger partial charge in [0.15, 0.2) is 0 Å². The lowest BCUT2D eigenvalue weighted by Gasteiger charge is -2.01. The molecule has 16 heavy (non-hydrogen) atoms. The summed E-state index contributed by atoms with van der Waals surface area (Å²) < 4.78 is 0. The van der Waals surface area contributed by atoms with E-state index in [2.05, 4.69) is 68.8 Å². The first-order valence-electron chi connectivity index (χ1n) is 5.27. The summed E-state index contributed by atoms with van der Waals surface area (Å²) in [7, 11) is 2.78. The van der Waals surface area contributed by atoms with Crippen molar-refractivity contribution in [1.29, 1.82) is 0 Å². The maximum Gasteiger partial charge on any atom is 0.0471 e. The Balaban J connectivity index is 2.23. The minimum absolute atomic E-state index is 1.17. The maximum atomic E-state index is 3.44. The standard InChI is InChI=1S/C14H12NP/c16-14-8-4-2-6-11(14)13-9-10-5-1-3-7-12(10)15-13/h1-9,15H,16H2. The molecule has 1 unspecified atom stereocenters. The molecule has 0 bridgehead atoms. The van der Waals surface area contributed by atoms with Gasteiger partial charge in [0.05, 0.1) is 0 Å².